The Labute approximate surface area is 185 Å². The summed E-state index contributed by atoms with van der Waals surface area (Å²) in [6, 6.07) is 7.48. The Morgan fingerprint density at radius 3 is 2.42 bits per heavy atom. The monoisotopic (exact) mass is 418 g/mol. The van der Waals surface area contributed by atoms with Crippen molar-refractivity contribution < 1.29 is 4.79 Å². The van der Waals surface area contributed by atoms with Crippen LogP contribution < -0.4 is 0 Å². The number of carbonyl (C=O) groups is 1. The van der Waals surface area contributed by atoms with Gasteiger partial charge in [-0.3, -0.25) is 4.79 Å². The normalized spacial score (nSPS) is 35.0. The van der Waals surface area contributed by atoms with Crippen molar-refractivity contribution >= 4 is 5.91 Å². The predicted molar refractivity (Wildman–Crippen MR) is 120 cm³/mol. The third-order valence-corrected chi connectivity index (χ3v) is 9.20. The lowest BCUT2D eigenvalue weighted by molar-refractivity contribution is -0.161. The van der Waals surface area contributed by atoms with Gasteiger partial charge < -0.3 is 4.90 Å². The largest absolute Gasteiger partial charge is 0.342 e. The minimum absolute atomic E-state index is 0.122. The van der Waals surface area contributed by atoms with E-state index in [0.717, 1.165) is 57.0 Å². The molecule has 2 unspecified atom stereocenters. The molecule has 2 aromatic rings. The summed E-state index contributed by atoms with van der Waals surface area (Å²) in [4.78, 5) is 16.2. The number of amides is 1. The molecule has 0 radical (unpaired) electrons. The third-order valence-electron chi connectivity index (χ3n) is 9.20. The van der Waals surface area contributed by atoms with E-state index in [2.05, 4.69) is 47.3 Å². The van der Waals surface area contributed by atoms with Crippen molar-refractivity contribution in [2.45, 2.75) is 76.7 Å². The van der Waals surface area contributed by atoms with Crippen LogP contribution in [0.4, 0.5) is 0 Å². The van der Waals surface area contributed by atoms with Gasteiger partial charge in [0, 0.05) is 19.3 Å². The van der Waals surface area contributed by atoms with Crippen LogP contribution in [0.5, 0.6) is 0 Å². The van der Waals surface area contributed by atoms with Crippen LogP contribution in [0, 0.1) is 31.1 Å². The molecule has 2 heterocycles. The molecule has 5 nitrogen and oxygen atoms in total. The van der Waals surface area contributed by atoms with Crippen LogP contribution in [0.3, 0.4) is 0 Å². The van der Waals surface area contributed by atoms with Crippen LogP contribution in [0.25, 0.3) is 0 Å². The molecule has 1 aromatic carbocycles. The van der Waals surface area contributed by atoms with Crippen molar-refractivity contribution in [1.82, 2.24) is 19.9 Å². The fourth-order valence-electron chi connectivity index (χ4n) is 8.00. The van der Waals surface area contributed by atoms with Crippen molar-refractivity contribution in [2.75, 3.05) is 13.1 Å². The zero-order chi connectivity index (χ0) is 21.2. The molecule has 1 amide bonds. The fourth-order valence-corrected chi connectivity index (χ4v) is 8.00. The molecule has 0 N–H and O–H groups in total. The van der Waals surface area contributed by atoms with Crippen molar-refractivity contribution in [2.24, 2.45) is 17.3 Å². The number of hydrogen-bond acceptors (Lipinski definition) is 3. The molecular weight excluding hydrogens is 384 g/mol. The van der Waals surface area contributed by atoms with Gasteiger partial charge in [0.15, 0.2) is 0 Å². The molecule has 1 aliphatic heterocycles. The number of piperidine rings is 1. The number of nitrogens with zero attached hydrogens (tertiary/aromatic N) is 4. The van der Waals surface area contributed by atoms with Gasteiger partial charge in [-0.2, -0.15) is 0 Å². The molecule has 7 rings (SSSR count). The van der Waals surface area contributed by atoms with Crippen LogP contribution in [-0.2, 0) is 10.2 Å². The first-order chi connectivity index (χ1) is 15.0. The molecule has 4 aliphatic carbocycles. The lowest BCUT2D eigenvalue weighted by Gasteiger charge is -2.62. The number of carbonyl (C=O) groups excluding carboxylic acids is 1. The van der Waals surface area contributed by atoms with E-state index in [1.807, 2.05) is 10.9 Å². The average Bonchev–Trinajstić information content (AvgIpc) is 3.29. The molecule has 1 saturated heterocycles. The van der Waals surface area contributed by atoms with E-state index in [0.29, 0.717) is 11.9 Å². The second kappa shape index (κ2) is 6.91. The van der Waals surface area contributed by atoms with E-state index >= 15 is 0 Å². The Bertz CT molecular complexity index is 975. The highest BCUT2D eigenvalue weighted by Gasteiger charge is 2.61. The minimum Gasteiger partial charge on any atom is -0.342 e. The Morgan fingerprint density at radius 1 is 1.03 bits per heavy atom. The van der Waals surface area contributed by atoms with E-state index in [-0.39, 0.29) is 10.8 Å². The van der Waals surface area contributed by atoms with Gasteiger partial charge in [0.05, 0.1) is 17.7 Å². The zero-order valence-electron chi connectivity index (χ0n) is 18.9. The molecule has 2 atom stereocenters. The highest BCUT2D eigenvalue weighted by Crippen LogP contribution is 2.66. The van der Waals surface area contributed by atoms with Crippen LogP contribution >= 0.6 is 0 Å². The van der Waals surface area contributed by atoms with Gasteiger partial charge in [-0.1, -0.05) is 23.4 Å². The molecule has 164 valence electrons. The first-order valence-corrected chi connectivity index (χ1v) is 12.2. The summed E-state index contributed by atoms with van der Waals surface area (Å²) in [6.07, 6.45) is 12.9. The third kappa shape index (κ3) is 3.07. The molecule has 5 heteroatoms. The molecule has 1 aromatic heterocycles. The Hall–Kier alpha value is -2.17. The number of hydrogen-bond donors (Lipinski definition) is 0. The van der Waals surface area contributed by atoms with E-state index in [1.165, 1.54) is 36.0 Å². The Morgan fingerprint density at radius 2 is 1.77 bits per heavy atom. The maximum Gasteiger partial charge on any atom is 0.228 e. The SMILES string of the molecule is Cc1ccc(C23CC4CC(CC(C(=O)N5CCC(n6ccnn6)CC5)(C4)C2)C3)cc1C. The van der Waals surface area contributed by atoms with Gasteiger partial charge in [-0.05, 0) is 99.2 Å². The maximum absolute atomic E-state index is 14.0. The minimum atomic E-state index is -0.122. The number of likely N-dealkylation sites (tertiary alicyclic amines) is 1. The molecule has 31 heavy (non-hydrogen) atoms. The number of benzene rings is 1. The first-order valence-electron chi connectivity index (χ1n) is 12.2. The standard InChI is InChI=1S/C26H34N4O/c1-18-3-4-22(11-19(18)2)25-13-20-12-21(14-25)16-26(15-20,17-25)24(31)29-8-5-23(6-9-29)30-10-7-27-28-30/h3-4,7,10-11,20-21,23H,5-6,8-9,12-17H2,1-2H3. The summed E-state index contributed by atoms with van der Waals surface area (Å²) in [7, 11) is 0. The van der Waals surface area contributed by atoms with Crippen molar-refractivity contribution in [3.63, 3.8) is 0 Å². The van der Waals surface area contributed by atoms with E-state index in [1.54, 1.807) is 6.20 Å². The second-order valence-corrected chi connectivity index (χ2v) is 11.2. The van der Waals surface area contributed by atoms with E-state index in [4.69, 9.17) is 0 Å². The highest BCUT2D eigenvalue weighted by molar-refractivity contribution is 5.84. The van der Waals surface area contributed by atoms with E-state index < -0.39 is 0 Å². The van der Waals surface area contributed by atoms with Gasteiger partial charge >= 0.3 is 0 Å². The summed E-state index contributed by atoms with van der Waals surface area (Å²) in [6.45, 7) is 6.15. The highest BCUT2D eigenvalue weighted by atomic mass is 16.2. The molecule has 5 aliphatic rings. The van der Waals surface area contributed by atoms with Crippen molar-refractivity contribution in [3.8, 4) is 0 Å². The van der Waals surface area contributed by atoms with Crippen LogP contribution in [0.2, 0.25) is 0 Å². The lowest BCUT2D eigenvalue weighted by Crippen LogP contribution is -2.60. The lowest BCUT2D eigenvalue weighted by atomic mass is 9.42. The van der Waals surface area contributed by atoms with Gasteiger partial charge in [-0.25, -0.2) is 4.68 Å². The summed E-state index contributed by atoms with van der Waals surface area (Å²) in [5, 5.41) is 8.14. The topological polar surface area (TPSA) is 51.0 Å². The Balaban J connectivity index is 1.25. The molecule has 0 spiro atoms. The smallest absolute Gasteiger partial charge is 0.228 e. The number of aryl methyl sites for hydroxylation is 2. The average molecular weight is 419 g/mol. The predicted octanol–water partition coefficient (Wildman–Crippen LogP) is 4.60. The Kier molecular flexibility index (Phi) is 4.35. The van der Waals surface area contributed by atoms with Gasteiger partial charge in [-0.15, -0.1) is 5.10 Å². The fraction of sp³-hybridized carbons (Fsp3) is 0.654. The summed E-state index contributed by atoms with van der Waals surface area (Å²) in [5.41, 5.74) is 4.37. The number of aromatic nitrogens is 3. The molecule has 4 bridgehead atoms. The zero-order valence-corrected chi connectivity index (χ0v) is 18.9. The van der Waals surface area contributed by atoms with Crippen molar-refractivity contribution in [1.29, 1.82) is 0 Å². The maximum atomic E-state index is 14.0. The second-order valence-electron chi connectivity index (χ2n) is 11.2. The van der Waals surface area contributed by atoms with Gasteiger partial charge in [0.25, 0.3) is 0 Å². The molecule has 4 saturated carbocycles. The van der Waals surface area contributed by atoms with E-state index in [9.17, 15) is 4.79 Å². The summed E-state index contributed by atoms with van der Waals surface area (Å²) < 4.78 is 1.97. The van der Waals surface area contributed by atoms with Crippen LogP contribution in [0.15, 0.2) is 30.6 Å². The first kappa shape index (κ1) is 19.5. The van der Waals surface area contributed by atoms with Gasteiger partial charge in [0.2, 0.25) is 5.91 Å². The van der Waals surface area contributed by atoms with Crippen LogP contribution in [-0.4, -0.2) is 38.9 Å². The number of rotatable bonds is 3. The summed E-state index contributed by atoms with van der Waals surface area (Å²) >= 11 is 0. The van der Waals surface area contributed by atoms with Crippen molar-refractivity contribution in [3.05, 3.63) is 47.3 Å². The quantitative estimate of drug-likeness (QED) is 0.732. The summed E-state index contributed by atoms with van der Waals surface area (Å²) in [5.74, 6) is 1.91. The van der Waals surface area contributed by atoms with Crippen LogP contribution in [0.1, 0.15) is 74.1 Å². The van der Waals surface area contributed by atoms with Gasteiger partial charge in [0.1, 0.15) is 0 Å². The molecular formula is C26H34N4O. The molecule has 5 fully saturated rings.